The molecular formula is C9H23NO2. The van der Waals surface area contributed by atoms with E-state index in [-0.39, 0.29) is 12.2 Å². The van der Waals surface area contributed by atoms with Gasteiger partial charge in [0.15, 0.2) is 0 Å². The molecule has 2 N–H and O–H groups in total. The quantitative estimate of drug-likeness (QED) is 0.667. The van der Waals surface area contributed by atoms with E-state index in [1.165, 1.54) is 0 Å². The summed E-state index contributed by atoms with van der Waals surface area (Å²) in [7, 11) is 6.00. The molecule has 3 nitrogen and oxygen atoms in total. The lowest BCUT2D eigenvalue weighted by molar-refractivity contribution is 0.0883. The maximum Gasteiger partial charge on any atom is 0.0562 e. The minimum absolute atomic E-state index is 0.324. The molecule has 0 rings (SSSR count). The minimum atomic E-state index is -0.370. The van der Waals surface area contributed by atoms with Gasteiger partial charge in [-0.3, -0.25) is 0 Å². The second-order valence-electron chi connectivity index (χ2n) is 3.49. The zero-order valence-electron chi connectivity index (χ0n) is 8.91. The number of aliphatic hydroxyl groups excluding tert-OH is 2. The smallest absolute Gasteiger partial charge is 0.0562 e. The van der Waals surface area contributed by atoms with E-state index in [0.717, 1.165) is 6.42 Å². The standard InChI is InChI=1S/C6H14O2.C3H9N/c1-3-6(8)4-5(2)7;1-4(2)3/h5-8H,3-4H2,1-2H3;1-3H3. The Morgan fingerprint density at radius 1 is 1.17 bits per heavy atom. The summed E-state index contributed by atoms with van der Waals surface area (Å²) in [5, 5.41) is 17.6. The highest BCUT2D eigenvalue weighted by Crippen LogP contribution is 1.99. The van der Waals surface area contributed by atoms with Crippen molar-refractivity contribution in [2.45, 2.75) is 38.9 Å². The molecule has 0 saturated carbocycles. The van der Waals surface area contributed by atoms with Gasteiger partial charge in [-0.05, 0) is 40.9 Å². The van der Waals surface area contributed by atoms with Crippen LogP contribution in [0.2, 0.25) is 0 Å². The van der Waals surface area contributed by atoms with E-state index in [2.05, 4.69) is 0 Å². The van der Waals surface area contributed by atoms with Crippen LogP contribution in [-0.4, -0.2) is 48.5 Å². The molecule has 0 heterocycles. The zero-order chi connectivity index (χ0) is 10.1. The number of aliphatic hydroxyl groups is 2. The van der Waals surface area contributed by atoms with Gasteiger partial charge in [0.2, 0.25) is 0 Å². The van der Waals surface area contributed by atoms with Crippen molar-refractivity contribution in [1.82, 2.24) is 4.90 Å². The van der Waals surface area contributed by atoms with Crippen molar-refractivity contribution in [1.29, 1.82) is 0 Å². The van der Waals surface area contributed by atoms with Crippen molar-refractivity contribution in [2.75, 3.05) is 21.1 Å². The number of rotatable bonds is 3. The first-order valence-corrected chi connectivity index (χ1v) is 4.37. The van der Waals surface area contributed by atoms with Gasteiger partial charge in [-0.2, -0.15) is 0 Å². The van der Waals surface area contributed by atoms with E-state index in [0.29, 0.717) is 6.42 Å². The minimum Gasteiger partial charge on any atom is -0.393 e. The summed E-state index contributed by atoms with van der Waals surface area (Å²) in [5.41, 5.74) is 0. The first-order chi connectivity index (χ1) is 5.40. The predicted molar refractivity (Wildman–Crippen MR) is 52.2 cm³/mol. The fraction of sp³-hybridized carbons (Fsp3) is 1.00. The predicted octanol–water partition coefficient (Wildman–Crippen LogP) is 0.706. The molecule has 2 unspecified atom stereocenters. The molecule has 0 fully saturated rings. The average molecular weight is 177 g/mol. The Morgan fingerprint density at radius 2 is 1.50 bits per heavy atom. The van der Waals surface area contributed by atoms with Crippen LogP contribution >= 0.6 is 0 Å². The molecule has 3 heteroatoms. The van der Waals surface area contributed by atoms with Gasteiger partial charge < -0.3 is 15.1 Å². The van der Waals surface area contributed by atoms with Crippen molar-refractivity contribution < 1.29 is 10.2 Å². The summed E-state index contributed by atoms with van der Waals surface area (Å²) in [6.45, 7) is 3.58. The molecule has 0 amide bonds. The highest BCUT2D eigenvalue weighted by atomic mass is 16.3. The van der Waals surface area contributed by atoms with Crippen LogP contribution in [-0.2, 0) is 0 Å². The average Bonchev–Trinajstić information content (AvgIpc) is 1.84. The first-order valence-electron chi connectivity index (χ1n) is 4.37. The van der Waals surface area contributed by atoms with Gasteiger partial charge in [0.05, 0.1) is 12.2 Å². The molecule has 0 aliphatic rings. The monoisotopic (exact) mass is 177 g/mol. The lowest BCUT2D eigenvalue weighted by Gasteiger charge is -2.08. The van der Waals surface area contributed by atoms with E-state index in [1.54, 1.807) is 6.92 Å². The Morgan fingerprint density at radius 3 is 1.58 bits per heavy atom. The Balaban J connectivity index is 0. The summed E-state index contributed by atoms with van der Waals surface area (Å²) >= 11 is 0. The number of hydrogen-bond acceptors (Lipinski definition) is 3. The van der Waals surface area contributed by atoms with E-state index in [1.807, 2.05) is 33.0 Å². The van der Waals surface area contributed by atoms with E-state index < -0.39 is 0 Å². The van der Waals surface area contributed by atoms with Crippen LogP contribution < -0.4 is 0 Å². The zero-order valence-corrected chi connectivity index (χ0v) is 8.91. The van der Waals surface area contributed by atoms with Gasteiger partial charge in [0.25, 0.3) is 0 Å². The molecule has 0 aliphatic carbocycles. The van der Waals surface area contributed by atoms with Gasteiger partial charge in [-0.1, -0.05) is 6.92 Å². The molecule has 0 spiro atoms. The Bertz CT molecular complexity index is 81.8. The summed E-state index contributed by atoms with van der Waals surface area (Å²) in [4.78, 5) is 2.00. The normalized spacial score (nSPS) is 15.0. The first kappa shape index (κ1) is 14.4. The SMILES string of the molecule is CCC(O)CC(C)O.CN(C)C. The van der Waals surface area contributed by atoms with Crippen LogP contribution in [0.1, 0.15) is 26.7 Å². The summed E-state index contributed by atoms with van der Waals surface area (Å²) in [5.74, 6) is 0. The van der Waals surface area contributed by atoms with Crippen LogP contribution in [0.15, 0.2) is 0 Å². The van der Waals surface area contributed by atoms with Gasteiger partial charge in [0, 0.05) is 0 Å². The van der Waals surface area contributed by atoms with Crippen molar-refractivity contribution in [3.63, 3.8) is 0 Å². The highest BCUT2D eigenvalue weighted by molar-refractivity contribution is 4.55. The summed E-state index contributed by atoms with van der Waals surface area (Å²) in [6, 6.07) is 0. The number of nitrogens with zero attached hydrogens (tertiary/aromatic N) is 1. The molecule has 2 atom stereocenters. The highest BCUT2D eigenvalue weighted by Gasteiger charge is 2.03. The maximum absolute atomic E-state index is 8.87. The van der Waals surface area contributed by atoms with Crippen LogP contribution in [0.5, 0.6) is 0 Å². The molecule has 76 valence electrons. The molecule has 0 aromatic carbocycles. The third-order valence-corrected chi connectivity index (χ3v) is 1.08. The van der Waals surface area contributed by atoms with Crippen molar-refractivity contribution in [2.24, 2.45) is 0 Å². The van der Waals surface area contributed by atoms with E-state index in [4.69, 9.17) is 10.2 Å². The van der Waals surface area contributed by atoms with Crippen LogP contribution in [0.25, 0.3) is 0 Å². The Kier molecular flexibility index (Phi) is 10.8. The number of hydrogen-bond donors (Lipinski definition) is 2. The second-order valence-corrected chi connectivity index (χ2v) is 3.49. The molecule has 0 aromatic heterocycles. The topological polar surface area (TPSA) is 43.7 Å². The third-order valence-electron chi connectivity index (χ3n) is 1.08. The van der Waals surface area contributed by atoms with Gasteiger partial charge in [0.1, 0.15) is 0 Å². The van der Waals surface area contributed by atoms with E-state index >= 15 is 0 Å². The molecule has 0 aromatic rings. The Labute approximate surface area is 76.0 Å². The fourth-order valence-corrected chi connectivity index (χ4v) is 0.560. The van der Waals surface area contributed by atoms with Gasteiger partial charge in [-0.15, -0.1) is 0 Å². The maximum atomic E-state index is 8.87. The second kappa shape index (κ2) is 8.97. The van der Waals surface area contributed by atoms with Crippen molar-refractivity contribution >= 4 is 0 Å². The van der Waals surface area contributed by atoms with Gasteiger partial charge >= 0.3 is 0 Å². The molecular weight excluding hydrogens is 154 g/mol. The fourth-order valence-electron chi connectivity index (χ4n) is 0.560. The molecule has 0 radical (unpaired) electrons. The van der Waals surface area contributed by atoms with Crippen LogP contribution in [0, 0.1) is 0 Å². The van der Waals surface area contributed by atoms with Crippen LogP contribution in [0.4, 0.5) is 0 Å². The third kappa shape index (κ3) is 22.5. The molecule has 12 heavy (non-hydrogen) atoms. The van der Waals surface area contributed by atoms with Gasteiger partial charge in [-0.25, -0.2) is 0 Å². The van der Waals surface area contributed by atoms with Crippen molar-refractivity contribution in [3.8, 4) is 0 Å². The van der Waals surface area contributed by atoms with Crippen molar-refractivity contribution in [3.05, 3.63) is 0 Å². The largest absolute Gasteiger partial charge is 0.393 e. The van der Waals surface area contributed by atoms with Crippen LogP contribution in [0.3, 0.4) is 0 Å². The molecule has 0 bridgehead atoms. The molecule has 0 aliphatic heterocycles. The van der Waals surface area contributed by atoms with E-state index in [9.17, 15) is 0 Å². The molecule has 0 saturated heterocycles. The summed E-state index contributed by atoms with van der Waals surface area (Å²) in [6.07, 6.45) is 0.529. The lowest BCUT2D eigenvalue weighted by Crippen LogP contribution is -2.13. The Hall–Kier alpha value is -0.120. The summed E-state index contributed by atoms with van der Waals surface area (Å²) < 4.78 is 0. The lowest BCUT2D eigenvalue weighted by atomic mass is 10.1.